The van der Waals surface area contributed by atoms with Crippen molar-refractivity contribution in [2.24, 2.45) is 11.0 Å². The van der Waals surface area contributed by atoms with Crippen LogP contribution >= 0.6 is 0 Å². The average Bonchev–Trinajstić information content (AvgIpc) is 2.25. The summed E-state index contributed by atoms with van der Waals surface area (Å²) in [5, 5.41) is 3.79. The number of benzene rings is 1. The summed E-state index contributed by atoms with van der Waals surface area (Å²) in [6.45, 7) is 4.13. The smallest absolute Gasteiger partial charge is 0.267 e. The second-order valence-electron chi connectivity index (χ2n) is 3.89. The summed E-state index contributed by atoms with van der Waals surface area (Å²) in [5.74, 6) is -0.189. The maximum atomic E-state index is 12.6. The molecule has 0 saturated carbocycles. The van der Waals surface area contributed by atoms with Crippen LogP contribution in [0.5, 0.6) is 0 Å². The summed E-state index contributed by atoms with van der Waals surface area (Å²) < 4.78 is 12.6. The van der Waals surface area contributed by atoms with Gasteiger partial charge in [0.1, 0.15) is 5.82 Å². The van der Waals surface area contributed by atoms with Gasteiger partial charge in [-0.05, 0) is 36.6 Å². The molecule has 0 heterocycles. The lowest BCUT2D eigenvalue weighted by atomic mass is 10.2. The fourth-order valence-electron chi connectivity index (χ4n) is 1.03. The van der Waals surface area contributed by atoms with Gasteiger partial charge in [0.25, 0.3) is 5.91 Å². The molecule has 1 aromatic carbocycles. The molecular formula is C12H15FN2O. The summed E-state index contributed by atoms with van der Waals surface area (Å²) in [6.07, 6.45) is 2.47. The zero-order valence-corrected chi connectivity index (χ0v) is 9.40. The number of carbonyl (C=O) groups is 1. The average molecular weight is 222 g/mol. The number of hydrazone groups is 1. The Morgan fingerprint density at radius 2 is 2.06 bits per heavy atom. The van der Waals surface area contributed by atoms with Gasteiger partial charge in [-0.1, -0.05) is 13.8 Å². The van der Waals surface area contributed by atoms with E-state index in [0.29, 0.717) is 11.5 Å². The van der Waals surface area contributed by atoms with Gasteiger partial charge in [0.15, 0.2) is 0 Å². The molecule has 0 aliphatic rings. The fourth-order valence-corrected chi connectivity index (χ4v) is 1.03. The highest BCUT2D eigenvalue weighted by Crippen LogP contribution is 2.02. The van der Waals surface area contributed by atoms with Crippen LogP contribution in [0.15, 0.2) is 29.4 Å². The van der Waals surface area contributed by atoms with Crippen molar-refractivity contribution < 1.29 is 9.18 Å². The summed E-state index contributed by atoms with van der Waals surface area (Å²) in [7, 11) is 0. The van der Waals surface area contributed by atoms with Gasteiger partial charge >= 0.3 is 0 Å². The minimum absolute atomic E-state index is 0.333. The predicted octanol–water partition coefficient (Wildman–Crippen LogP) is 2.59. The lowest BCUT2D eigenvalue weighted by Gasteiger charge is -2.00. The van der Waals surface area contributed by atoms with Crippen molar-refractivity contribution in [2.75, 3.05) is 0 Å². The van der Waals surface area contributed by atoms with Crippen molar-refractivity contribution in [1.82, 2.24) is 5.43 Å². The number of carbonyl (C=O) groups excluding carboxylic acids is 1. The minimum atomic E-state index is -0.361. The van der Waals surface area contributed by atoms with Gasteiger partial charge in [-0.25, -0.2) is 9.82 Å². The molecule has 1 N–H and O–H groups in total. The van der Waals surface area contributed by atoms with E-state index in [9.17, 15) is 9.18 Å². The highest BCUT2D eigenvalue weighted by Gasteiger charge is 2.03. The monoisotopic (exact) mass is 222 g/mol. The molecule has 1 aromatic rings. The Hall–Kier alpha value is -1.71. The van der Waals surface area contributed by atoms with E-state index in [2.05, 4.69) is 24.4 Å². The van der Waals surface area contributed by atoms with E-state index < -0.39 is 0 Å². The molecule has 4 heteroatoms. The first-order valence-electron chi connectivity index (χ1n) is 5.17. The lowest BCUT2D eigenvalue weighted by Crippen LogP contribution is -2.17. The molecule has 0 atom stereocenters. The molecule has 16 heavy (non-hydrogen) atoms. The maximum Gasteiger partial charge on any atom is 0.271 e. The van der Waals surface area contributed by atoms with Crippen LogP contribution in [0.1, 0.15) is 30.6 Å². The normalized spacial score (nSPS) is 11.0. The quantitative estimate of drug-likeness (QED) is 0.617. The van der Waals surface area contributed by atoms with E-state index in [0.717, 1.165) is 6.42 Å². The Morgan fingerprint density at radius 1 is 1.44 bits per heavy atom. The number of amides is 1. The molecule has 86 valence electrons. The Labute approximate surface area is 94.4 Å². The van der Waals surface area contributed by atoms with Crippen LogP contribution in [0, 0.1) is 11.7 Å². The van der Waals surface area contributed by atoms with E-state index >= 15 is 0 Å². The van der Waals surface area contributed by atoms with Crippen molar-refractivity contribution in [1.29, 1.82) is 0 Å². The molecule has 1 amide bonds. The van der Waals surface area contributed by atoms with Gasteiger partial charge in [-0.3, -0.25) is 4.79 Å². The van der Waals surface area contributed by atoms with Crippen molar-refractivity contribution in [2.45, 2.75) is 20.3 Å². The van der Waals surface area contributed by atoms with Crippen molar-refractivity contribution in [3.63, 3.8) is 0 Å². The van der Waals surface area contributed by atoms with Crippen LogP contribution in [-0.4, -0.2) is 12.1 Å². The molecule has 0 aromatic heterocycles. The highest BCUT2D eigenvalue weighted by molar-refractivity contribution is 5.94. The molecule has 0 bridgehead atoms. The fraction of sp³-hybridized carbons (Fsp3) is 0.333. The SMILES string of the molecule is CC(C)C/C=N/NC(=O)c1ccc(F)cc1. The van der Waals surface area contributed by atoms with Crippen LogP contribution in [0.25, 0.3) is 0 Å². The van der Waals surface area contributed by atoms with Crippen molar-refractivity contribution >= 4 is 12.1 Å². The molecule has 0 radical (unpaired) electrons. The minimum Gasteiger partial charge on any atom is -0.267 e. The van der Waals surface area contributed by atoms with E-state index in [1.165, 1.54) is 24.3 Å². The number of halogens is 1. The zero-order valence-electron chi connectivity index (χ0n) is 9.40. The maximum absolute atomic E-state index is 12.6. The lowest BCUT2D eigenvalue weighted by molar-refractivity contribution is 0.0955. The summed E-state index contributed by atoms with van der Waals surface area (Å²) in [5.41, 5.74) is 2.77. The molecule has 3 nitrogen and oxygen atoms in total. The topological polar surface area (TPSA) is 41.5 Å². The second kappa shape index (κ2) is 6.00. The van der Waals surface area contributed by atoms with Gasteiger partial charge in [0.05, 0.1) is 0 Å². The molecule has 0 spiro atoms. The number of nitrogens with zero attached hydrogens (tertiary/aromatic N) is 1. The number of hydrogen-bond donors (Lipinski definition) is 1. The van der Waals surface area contributed by atoms with Gasteiger partial charge in [-0.2, -0.15) is 5.10 Å². The molecule has 1 rings (SSSR count). The van der Waals surface area contributed by atoms with Gasteiger partial charge < -0.3 is 0 Å². The third-order valence-electron chi connectivity index (χ3n) is 1.94. The van der Waals surface area contributed by atoms with Crippen LogP contribution in [0.2, 0.25) is 0 Å². The second-order valence-corrected chi connectivity index (χ2v) is 3.89. The highest BCUT2D eigenvalue weighted by atomic mass is 19.1. The summed E-state index contributed by atoms with van der Waals surface area (Å²) >= 11 is 0. The Morgan fingerprint density at radius 3 is 2.62 bits per heavy atom. The summed E-state index contributed by atoms with van der Waals surface area (Å²) in [6, 6.07) is 5.32. The number of rotatable bonds is 4. The van der Waals surface area contributed by atoms with Crippen molar-refractivity contribution in [3.05, 3.63) is 35.6 Å². The number of hydrogen-bond acceptors (Lipinski definition) is 2. The van der Waals surface area contributed by atoms with Crippen LogP contribution < -0.4 is 5.43 Å². The van der Waals surface area contributed by atoms with E-state index in [4.69, 9.17) is 0 Å². The van der Waals surface area contributed by atoms with Gasteiger partial charge in [-0.15, -0.1) is 0 Å². The Bertz CT molecular complexity index is 371. The standard InChI is InChI=1S/C12H15FN2O/c1-9(2)7-8-14-15-12(16)10-3-5-11(13)6-4-10/h3-6,8-9H,7H2,1-2H3,(H,15,16)/b14-8+. The third kappa shape index (κ3) is 4.21. The van der Waals surface area contributed by atoms with E-state index in [1.807, 2.05) is 0 Å². The largest absolute Gasteiger partial charge is 0.271 e. The Kier molecular flexibility index (Phi) is 4.64. The molecule has 0 fully saturated rings. The van der Waals surface area contributed by atoms with Crippen molar-refractivity contribution in [3.8, 4) is 0 Å². The van der Waals surface area contributed by atoms with Crippen LogP contribution in [0.4, 0.5) is 4.39 Å². The number of nitrogens with one attached hydrogen (secondary N) is 1. The zero-order chi connectivity index (χ0) is 12.0. The van der Waals surface area contributed by atoms with E-state index in [1.54, 1.807) is 6.21 Å². The van der Waals surface area contributed by atoms with Crippen LogP contribution in [-0.2, 0) is 0 Å². The molecule has 0 saturated heterocycles. The molecule has 0 aliphatic carbocycles. The van der Waals surface area contributed by atoms with Gasteiger partial charge in [0, 0.05) is 11.8 Å². The molecule has 0 aliphatic heterocycles. The first kappa shape index (κ1) is 12.4. The van der Waals surface area contributed by atoms with Gasteiger partial charge in [0.2, 0.25) is 0 Å². The Balaban J connectivity index is 2.47. The molecule has 0 unspecified atom stereocenters. The van der Waals surface area contributed by atoms with E-state index in [-0.39, 0.29) is 11.7 Å². The first-order chi connectivity index (χ1) is 7.59. The predicted molar refractivity (Wildman–Crippen MR) is 61.8 cm³/mol. The molecular weight excluding hydrogens is 207 g/mol. The third-order valence-corrected chi connectivity index (χ3v) is 1.94. The van der Waals surface area contributed by atoms with Crippen LogP contribution in [0.3, 0.4) is 0 Å². The first-order valence-corrected chi connectivity index (χ1v) is 5.17. The summed E-state index contributed by atoms with van der Waals surface area (Å²) in [4.78, 5) is 11.5.